The van der Waals surface area contributed by atoms with Crippen molar-refractivity contribution in [1.29, 1.82) is 0 Å². The van der Waals surface area contributed by atoms with E-state index in [2.05, 4.69) is 93.7 Å². The van der Waals surface area contributed by atoms with Crippen molar-refractivity contribution in [3.8, 4) is 0 Å². The highest BCUT2D eigenvalue weighted by molar-refractivity contribution is 8.03. The molecule has 1 rings (SSSR count). The van der Waals surface area contributed by atoms with Gasteiger partial charge in [0.25, 0.3) is 0 Å². The van der Waals surface area contributed by atoms with E-state index >= 15 is 0 Å². The summed E-state index contributed by atoms with van der Waals surface area (Å²) in [6, 6.07) is 0. The maximum absolute atomic E-state index is 13.0. The van der Waals surface area contributed by atoms with E-state index in [9.17, 15) is 14.7 Å². The van der Waals surface area contributed by atoms with E-state index in [0.29, 0.717) is 37.3 Å². The SMILES string of the molecule is CCCC[C@@H](C)C[C@@H](C=C[C@@H]1C(SCCCOC(C)C(=O)O)=C(OC(=O)CCC)C[C@H]1[Si](C)(C)O[SiH2]C(C)(C)C)[Si](C)(C)O[SiH2]C(C)(C)C. The molecule has 1 N–H and O–H groups in total. The monoisotopic (exact) mass is 774 g/mol. The Morgan fingerprint density at radius 1 is 0.980 bits per heavy atom. The third-order valence-electron chi connectivity index (χ3n) is 9.17. The number of thioether (sulfide) groups is 1. The van der Waals surface area contributed by atoms with Crippen LogP contribution in [0.4, 0.5) is 0 Å². The van der Waals surface area contributed by atoms with Gasteiger partial charge in [-0.05, 0) is 79.5 Å². The summed E-state index contributed by atoms with van der Waals surface area (Å²) in [4.78, 5) is 25.4. The zero-order valence-corrected chi connectivity index (χ0v) is 39.5. The van der Waals surface area contributed by atoms with Gasteiger partial charge in [0.15, 0.2) is 42.3 Å². The average molecular weight is 775 g/mol. The van der Waals surface area contributed by atoms with E-state index in [1.165, 1.54) is 19.3 Å². The Hall–Kier alpha value is -0.482. The molecule has 7 nitrogen and oxygen atoms in total. The molecular formula is C37H74O7SSi4. The third kappa shape index (κ3) is 18.2. The van der Waals surface area contributed by atoms with Gasteiger partial charge in [-0.2, -0.15) is 0 Å². The Kier molecular flexibility index (Phi) is 20.2. The summed E-state index contributed by atoms with van der Waals surface area (Å²) in [6.07, 6.45) is 11.5. The molecular weight excluding hydrogens is 701 g/mol. The second kappa shape index (κ2) is 21.3. The van der Waals surface area contributed by atoms with Crippen LogP contribution in [0.5, 0.6) is 0 Å². The number of carboxylic acid groups (broad SMARTS) is 1. The number of carbonyl (C=O) groups excluding carboxylic acids is 1. The summed E-state index contributed by atoms with van der Waals surface area (Å²) in [6.45, 7) is 31.9. The van der Waals surface area contributed by atoms with Crippen LogP contribution in [0.1, 0.15) is 121 Å². The molecule has 0 aromatic rings. The highest BCUT2D eigenvalue weighted by Crippen LogP contribution is 2.53. The number of hydrogen-bond donors (Lipinski definition) is 1. The average Bonchev–Trinajstić information content (AvgIpc) is 3.32. The molecule has 0 spiro atoms. The zero-order valence-electron chi connectivity index (χ0n) is 33.8. The highest BCUT2D eigenvalue weighted by atomic mass is 32.2. The third-order valence-corrected chi connectivity index (χ3v) is 23.9. The van der Waals surface area contributed by atoms with Crippen LogP contribution < -0.4 is 0 Å². The van der Waals surface area contributed by atoms with Crippen LogP contribution in [0, 0.1) is 11.8 Å². The minimum Gasteiger partial charge on any atom is -0.479 e. The maximum atomic E-state index is 13.0. The van der Waals surface area contributed by atoms with Gasteiger partial charge in [-0.15, -0.1) is 11.8 Å². The molecule has 0 saturated carbocycles. The number of carboxylic acids is 1. The van der Waals surface area contributed by atoms with Crippen LogP contribution in [0.25, 0.3) is 0 Å². The molecule has 0 heterocycles. The van der Waals surface area contributed by atoms with Gasteiger partial charge in [-0.25, -0.2) is 4.79 Å². The molecule has 1 unspecified atom stereocenters. The summed E-state index contributed by atoms with van der Waals surface area (Å²) >= 11 is 1.75. The first-order valence-corrected chi connectivity index (χ1v) is 28.4. The number of hydrogen-bond acceptors (Lipinski definition) is 7. The number of rotatable bonds is 23. The lowest BCUT2D eigenvalue weighted by atomic mass is 9.97. The van der Waals surface area contributed by atoms with Crippen molar-refractivity contribution >= 4 is 59.9 Å². The Morgan fingerprint density at radius 2 is 1.59 bits per heavy atom. The minimum absolute atomic E-state index is 0.0991. The van der Waals surface area contributed by atoms with E-state index in [-0.39, 0.29) is 27.5 Å². The van der Waals surface area contributed by atoms with E-state index in [1.54, 1.807) is 18.7 Å². The second-order valence-corrected chi connectivity index (χ2v) is 33.9. The number of carbonyl (C=O) groups is 2. The molecule has 1 aliphatic carbocycles. The first-order chi connectivity index (χ1) is 22.5. The van der Waals surface area contributed by atoms with Gasteiger partial charge in [0, 0.05) is 36.0 Å². The van der Waals surface area contributed by atoms with Gasteiger partial charge >= 0.3 is 11.9 Å². The van der Waals surface area contributed by atoms with Crippen molar-refractivity contribution < 1.29 is 32.4 Å². The maximum Gasteiger partial charge on any atom is 0.332 e. The molecule has 1 aliphatic rings. The zero-order chi connectivity index (χ0) is 37.6. The molecule has 0 fully saturated rings. The smallest absolute Gasteiger partial charge is 0.332 e. The lowest BCUT2D eigenvalue weighted by molar-refractivity contribution is -0.149. The van der Waals surface area contributed by atoms with Crippen molar-refractivity contribution in [1.82, 2.24) is 0 Å². The van der Waals surface area contributed by atoms with Gasteiger partial charge in [-0.1, -0.05) is 93.7 Å². The van der Waals surface area contributed by atoms with Crippen LogP contribution in [-0.2, 0) is 27.3 Å². The predicted molar refractivity (Wildman–Crippen MR) is 220 cm³/mol. The molecule has 5 atom stereocenters. The summed E-state index contributed by atoms with van der Waals surface area (Å²) in [5, 5.41) is 9.66. The Labute approximate surface area is 312 Å². The molecule has 0 aliphatic heterocycles. The molecule has 0 aromatic carbocycles. The van der Waals surface area contributed by atoms with Crippen molar-refractivity contribution in [3.63, 3.8) is 0 Å². The number of aliphatic carboxylic acids is 1. The van der Waals surface area contributed by atoms with Gasteiger partial charge in [0.2, 0.25) is 0 Å². The Bertz CT molecular complexity index is 1080. The molecule has 0 saturated heterocycles. The number of allylic oxidation sites excluding steroid dienone is 4. The number of unbranched alkanes of at least 4 members (excludes halogenated alkanes) is 1. The fourth-order valence-electron chi connectivity index (χ4n) is 5.90. The van der Waals surface area contributed by atoms with Crippen molar-refractivity contribution in [2.45, 2.75) is 174 Å². The fourth-order valence-corrected chi connectivity index (χ4v) is 18.7. The molecule has 286 valence electrons. The summed E-state index contributed by atoms with van der Waals surface area (Å²) in [5.41, 5.74) is 0.634. The minimum atomic E-state index is -2.22. The summed E-state index contributed by atoms with van der Waals surface area (Å²) < 4.78 is 25.7. The molecule has 0 amide bonds. The second-order valence-electron chi connectivity index (χ2n) is 17.8. The van der Waals surface area contributed by atoms with E-state index in [0.717, 1.165) is 29.3 Å². The van der Waals surface area contributed by atoms with Gasteiger partial charge in [0.1, 0.15) is 5.76 Å². The van der Waals surface area contributed by atoms with Crippen LogP contribution in [0.15, 0.2) is 22.8 Å². The van der Waals surface area contributed by atoms with Crippen LogP contribution in [-0.4, -0.2) is 71.7 Å². The number of esters is 1. The van der Waals surface area contributed by atoms with Crippen LogP contribution in [0.2, 0.25) is 47.3 Å². The highest BCUT2D eigenvalue weighted by Gasteiger charge is 2.47. The summed E-state index contributed by atoms with van der Waals surface area (Å²) in [7, 11) is -5.77. The van der Waals surface area contributed by atoms with Gasteiger partial charge < -0.3 is 22.8 Å². The predicted octanol–water partition coefficient (Wildman–Crippen LogP) is 9.73. The standard InChI is InChI=1S/C37H74O7SSi4/c1-15-17-20-27(3)25-29(48(11,12)43-46-36(5,6)7)21-22-30-32(49(13,14)44-47-37(8,9)10)26-31(42-33(38)19-16-2)34(30)45-24-18-23-41-28(4)35(39)40/h21-22,27-30,32H,15-20,23-26,46-47H2,1-14H3,(H,39,40)/t27-,28?,29-,30+,32-/m1/s1. The van der Waals surface area contributed by atoms with Gasteiger partial charge in [0.05, 0.1) is 0 Å². The largest absolute Gasteiger partial charge is 0.479 e. The molecule has 49 heavy (non-hydrogen) atoms. The van der Waals surface area contributed by atoms with Crippen molar-refractivity contribution in [2.75, 3.05) is 12.4 Å². The van der Waals surface area contributed by atoms with Gasteiger partial charge in [-0.3, -0.25) is 4.79 Å². The quantitative estimate of drug-likeness (QED) is 0.0475. The molecule has 0 aromatic heterocycles. The normalized spacial score (nSPS) is 20.3. The lowest BCUT2D eigenvalue weighted by Gasteiger charge is -2.37. The van der Waals surface area contributed by atoms with Crippen LogP contribution in [0.3, 0.4) is 0 Å². The Balaban J connectivity index is 3.63. The first kappa shape index (κ1) is 46.5. The lowest BCUT2D eigenvalue weighted by Crippen LogP contribution is -2.42. The van der Waals surface area contributed by atoms with Crippen molar-refractivity contribution in [2.24, 2.45) is 11.8 Å². The van der Waals surface area contributed by atoms with E-state index in [4.69, 9.17) is 17.7 Å². The van der Waals surface area contributed by atoms with Crippen molar-refractivity contribution in [3.05, 3.63) is 22.8 Å². The topological polar surface area (TPSA) is 91.3 Å². The summed E-state index contributed by atoms with van der Waals surface area (Å²) in [5.74, 6) is 1.17. The Morgan fingerprint density at radius 3 is 2.14 bits per heavy atom. The van der Waals surface area contributed by atoms with Crippen LogP contribution >= 0.6 is 11.8 Å². The fraction of sp³-hybridized carbons (Fsp3) is 0.838. The number of ether oxygens (including phenoxy) is 2. The van der Waals surface area contributed by atoms with E-state index < -0.39 is 48.2 Å². The molecule has 0 radical (unpaired) electrons. The first-order valence-electron chi connectivity index (χ1n) is 18.9. The van der Waals surface area contributed by atoms with E-state index in [1.807, 2.05) is 6.92 Å². The molecule has 0 bridgehead atoms. The molecule has 12 heteroatoms.